The van der Waals surface area contributed by atoms with Gasteiger partial charge in [0.15, 0.2) is 0 Å². The molecule has 5 nitrogen and oxygen atoms in total. The molecule has 3 rings (SSSR count). The van der Waals surface area contributed by atoms with Gasteiger partial charge in [-0.15, -0.1) is 0 Å². The molecule has 0 aromatic heterocycles. The van der Waals surface area contributed by atoms with Crippen LogP contribution in [0.3, 0.4) is 0 Å². The summed E-state index contributed by atoms with van der Waals surface area (Å²) in [5, 5.41) is 29.2. The zero-order valence-corrected chi connectivity index (χ0v) is 14.2. The van der Waals surface area contributed by atoms with Crippen molar-refractivity contribution in [3.05, 3.63) is 77.9 Å². The molecule has 0 saturated heterocycles. The van der Waals surface area contributed by atoms with E-state index in [1.54, 1.807) is 37.4 Å². The molecule has 0 atom stereocenters. The highest BCUT2D eigenvalue weighted by Gasteiger charge is 2.07. The van der Waals surface area contributed by atoms with Crippen molar-refractivity contribution in [3.63, 3.8) is 0 Å². The van der Waals surface area contributed by atoms with Crippen molar-refractivity contribution in [2.45, 2.75) is 6.92 Å². The Labute approximate surface area is 151 Å². The third kappa shape index (κ3) is 3.89. The van der Waals surface area contributed by atoms with Gasteiger partial charge in [0.2, 0.25) is 0 Å². The lowest BCUT2D eigenvalue weighted by Crippen LogP contribution is -1.94. The molecule has 0 aliphatic rings. The van der Waals surface area contributed by atoms with Gasteiger partial charge in [-0.1, -0.05) is 24.3 Å². The maximum absolute atomic E-state index is 9.99. The first-order valence-corrected chi connectivity index (χ1v) is 8.03. The highest BCUT2D eigenvalue weighted by molar-refractivity contribution is 6.03. The lowest BCUT2D eigenvalue weighted by Gasteiger charge is -2.06. The normalized spacial score (nSPS) is 11.8. The van der Waals surface area contributed by atoms with E-state index in [2.05, 4.69) is 9.98 Å². The van der Waals surface area contributed by atoms with Crippen LogP contribution in [-0.2, 0) is 0 Å². The highest BCUT2D eigenvalue weighted by Crippen LogP contribution is 2.30. The summed E-state index contributed by atoms with van der Waals surface area (Å²) in [5.41, 5.74) is 2.99. The molecular weight excluding hydrogens is 328 g/mol. The number of phenolic OH excluding ortho intramolecular Hbond substituents is 3. The molecule has 0 aliphatic heterocycles. The van der Waals surface area contributed by atoms with Crippen LogP contribution in [-0.4, -0.2) is 27.2 Å². The zero-order chi connectivity index (χ0) is 18.5. The van der Waals surface area contributed by atoms with E-state index in [0.717, 1.165) is 0 Å². The van der Waals surface area contributed by atoms with Crippen molar-refractivity contribution in [1.82, 2.24) is 0 Å². The maximum Gasteiger partial charge on any atom is 0.128 e. The van der Waals surface area contributed by atoms with Crippen molar-refractivity contribution in [1.29, 1.82) is 0 Å². The van der Waals surface area contributed by atoms with Gasteiger partial charge in [-0.25, -0.2) is 0 Å². The van der Waals surface area contributed by atoms with E-state index in [1.165, 1.54) is 12.1 Å². The molecule has 0 saturated carbocycles. The Morgan fingerprint density at radius 3 is 2.23 bits per heavy atom. The van der Waals surface area contributed by atoms with Gasteiger partial charge in [-0.3, -0.25) is 9.98 Å². The van der Waals surface area contributed by atoms with Crippen LogP contribution >= 0.6 is 0 Å². The minimum absolute atomic E-state index is 0.00767. The lowest BCUT2D eigenvalue weighted by molar-refractivity contribution is 0.450. The van der Waals surface area contributed by atoms with Crippen molar-refractivity contribution in [3.8, 4) is 17.2 Å². The molecule has 26 heavy (non-hydrogen) atoms. The van der Waals surface area contributed by atoms with E-state index in [-0.39, 0.29) is 17.2 Å². The van der Waals surface area contributed by atoms with Gasteiger partial charge < -0.3 is 15.3 Å². The molecule has 3 N–H and O–H groups in total. The summed E-state index contributed by atoms with van der Waals surface area (Å²) in [6.45, 7) is 1.77. The summed E-state index contributed by atoms with van der Waals surface area (Å²) in [4.78, 5) is 8.98. The minimum Gasteiger partial charge on any atom is -0.508 e. The number of rotatable bonds is 4. The summed E-state index contributed by atoms with van der Waals surface area (Å²) in [7, 11) is 0. The summed E-state index contributed by atoms with van der Waals surface area (Å²) in [6.07, 6.45) is 1.58. The molecule has 3 aromatic carbocycles. The third-order valence-electron chi connectivity index (χ3n) is 3.82. The largest absolute Gasteiger partial charge is 0.508 e. The summed E-state index contributed by atoms with van der Waals surface area (Å²) < 4.78 is 0. The first-order valence-electron chi connectivity index (χ1n) is 8.03. The second-order valence-corrected chi connectivity index (χ2v) is 5.70. The number of hydrogen-bond acceptors (Lipinski definition) is 5. The van der Waals surface area contributed by atoms with Crippen LogP contribution in [0.4, 0.5) is 11.4 Å². The summed E-state index contributed by atoms with van der Waals surface area (Å²) in [6, 6.07) is 18.7. The molecule has 3 aromatic rings. The minimum atomic E-state index is -0.0403. The topological polar surface area (TPSA) is 85.4 Å². The molecule has 0 unspecified atom stereocenters. The number of para-hydroxylation sites is 3. The number of phenols is 3. The zero-order valence-electron chi connectivity index (χ0n) is 14.2. The first kappa shape index (κ1) is 17.2. The summed E-state index contributed by atoms with van der Waals surface area (Å²) >= 11 is 0. The molecule has 130 valence electrons. The molecule has 0 aliphatic carbocycles. The molecule has 0 heterocycles. The third-order valence-corrected chi connectivity index (χ3v) is 3.82. The Kier molecular flexibility index (Phi) is 4.99. The molecule has 0 bridgehead atoms. The lowest BCUT2D eigenvalue weighted by atomic mass is 10.1. The predicted octanol–water partition coefficient (Wildman–Crippen LogP) is 4.69. The van der Waals surface area contributed by atoms with E-state index in [1.807, 2.05) is 30.3 Å². The van der Waals surface area contributed by atoms with Gasteiger partial charge >= 0.3 is 0 Å². The van der Waals surface area contributed by atoms with Crippen molar-refractivity contribution < 1.29 is 15.3 Å². The monoisotopic (exact) mass is 346 g/mol. The fraction of sp³-hybridized carbons (Fsp3) is 0.0476. The van der Waals surface area contributed by atoms with E-state index in [0.29, 0.717) is 28.2 Å². The number of aliphatic imine (C=N–C) groups is 2. The van der Waals surface area contributed by atoms with E-state index >= 15 is 0 Å². The van der Waals surface area contributed by atoms with E-state index in [4.69, 9.17) is 0 Å². The standard InChI is InChI=1S/C21H18N2O3/c1-14(17-11-10-16(24)12-21(17)26)23-19-8-4-3-7-18(19)22-13-15-6-2-5-9-20(15)25/h2-13,24-26H,1H3. The van der Waals surface area contributed by atoms with Crippen LogP contribution < -0.4 is 0 Å². The van der Waals surface area contributed by atoms with Crippen molar-refractivity contribution in [2.75, 3.05) is 0 Å². The Morgan fingerprint density at radius 2 is 1.50 bits per heavy atom. The molecule has 0 amide bonds. The van der Waals surface area contributed by atoms with Gasteiger partial charge in [-0.2, -0.15) is 0 Å². The predicted molar refractivity (Wildman–Crippen MR) is 103 cm³/mol. The second kappa shape index (κ2) is 7.53. The SMILES string of the molecule is CC(=Nc1ccccc1N=Cc1ccccc1O)c1ccc(O)cc1O. The molecule has 0 spiro atoms. The Hall–Kier alpha value is -3.60. The number of hydrogen-bond donors (Lipinski definition) is 3. The van der Waals surface area contributed by atoms with Gasteiger partial charge in [0, 0.05) is 29.1 Å². The Bertz CT molecular complexity index is 994. The number of benzene rings is 3. The smallest absolute Gasteiger partial charge is 0.128 e. The maximum atomic E-state index is 9.99. The average Bonchev–Trinajstić information content (AvgIpc) is 2.62. The van der Waals surface area contributed by atoms with Crippen LogP contribution in [0.1, 0.15) is 18.1 Å². The fourth-order valence-electron chi connectivity index (χ4n) is 2.47. The fourth-order valence-corrected chi connectivity index (χ4v) is 2.47. The number of aromatic hydroxyl groups is 3. The summed E-state index contributed by atoms with van der Waals surface area (Å²) in [5.74, 6) is 0.107. The van der Waals surface area contributed by atoms with Gasteiger partial charge in [0.1, 0.15) is 17.2 Å². The number of nitrogens with zero attached hydrogens (tertiary/aromatic N) is 2. The molecule has 5 heteroatoms. The highest BCUT2D eigenvalue weighted by atomic mass is 16.3. The first-order chi connectivity index (χ1) is 12.5. The molecular formula is C21H18N2O3. The van der Waals surface area contributed by atoms with Gasteiger partial charge in [0.05, 0.1) is 11.4 Å². The van der Waals surface area contributed by atoms with Crippen LogP contribution in [0.2, 0.25) is 0 Å². The second-order valence-electron chi connectivity index (χ2n) is 5.70. The average molecular weight is 346 g/mol. The van der Waals surface area contributed by atoms with Crippen LogP contribution in [0, 0.1) is 0 Å². The van der Waals surface area contributed by atoms with Crippen LogP contribution in [0.15, 0.2) is 76.7 Å². The quantitative estimate of drug-likeness (QED) is 0.599. The van der Waals surface area contributed by atoms with E-state index < -0.39 is 0 Å². The molecule has 0 radical (unpaired) electrons. The van der Waals surface area contributed by atoms with E-state index in [9.17, 15) is 15.3 Å². The van der Waals surface area contributed by atoms with Gasteiger partial charge in [0.25, 0.3) is 0 Å². The molecule has 0 fully saturated rings. The van der Waals surface area contributed by atoms with Crippen LogP contribution in [0.5, 0.6) is 17.2 Å². The van der Waals surface area contributed by atoms with Crippen LogP contribution in [0.25, 0.3) is 0 Å². The Morgan fingerprint density at radius 1 is 0.808 bits per heavy atom. The van der Waals surface area contributed by atoms with Gasteiger partial charge in [-0.05, 0) is 43.3 Å². The van der Waals surface area contributed by atoms with Crippen molar-refractivity contribution >= 4 is 23.3 Å². The Balaban J connectivity index is 1.95. The van der Waals surface area contributed by atoms with Crippen molar-refractivity contribution in [2.24, 2.45) is 9.98 Å².